The molecule has 1 aliphatic carbocycles. The first-order valence-electron chi connectivity index (χ1n) is 7.59. The van der Waals surface area contributed by atoms with Gasteiger partial charge < -0.3 is 10.1 Å². The summed E-state index contributed by atoms with van der Waals surface area (Å²) < 4.78 is 4.76. The molecular formula is C17H23NO3. The molecule has 1 fully saturated rings. The van der Waals surface area contributed by atoms with Gasteiger partial charge in [0.25, 0.3) is 0 Å². The monoisotopic (exact) mass is 289 g/mol. The maximum atomic E-state index is 12.1. The van der Waals surface area contributed by atoms with Crippen LogP contribution < -0.4 is 5.32 Å². The molecule has 1 saturated carbocycles. The van der Waals surface area contributed by atoms with E-state index in [9.17, 15) is 9.59 Å². The summed E-state index contributed by atoms with van der Waals surface area (Å²) in [6.07, 6.45) is 6.51. The first-order valence-corrected chi connectivity index (χ1v) is 7.59. The highest BCUT2D eigenvalue weighted by atomic mass is 16.5. The Kier molecular flexibility index (Phi) is 5.37. The van der Waals surface area contributed by atoms with Crippen molar-refractivity contribution < 1.29 is 14.3 Å². The van der Waals surface area contributed by atoms with Crippen LogP contribution in [0.4, 0.5) is 5.69 Å². The fraction of sp³-hybridized carbons (Fsp3) is 0.529. The van der Waals surface area contributed by atoms with Crippen LogP contribution in [-0.2, 0) is 9.53 Å². The van der Waals surface area contributed by atoms with E-state index in [0.29, 0.717) is 23.6 Å². The lowest BCUT2D eigenvalue weighted by atomic mass is 10.0. The van der Waals surface area contributed by atoms with Gasteiger partial charge in [0.2, 0.25) is 5.91 Å². The van der Waals surface area contributed by atoms with Crippen LogP contribution in [0.3, 0.4) is 0 Å². The number of anilines is 1. The summed E-state index contributed by atoms with van der Waals surface area (Å²) >= 11 is 0. The summed E-state index contributed by atoms with van der Waals surface area (Å²) in [5, 5.41) is 2.88. The summed E-state index contributed by atoms with van der Waals surface area (Å²) in [5.41, 5.74) is 1.85. The molecular weight excluding hydrogens is 266 g/mol. The van der Waals surface area contributed by atoms with Crippen molar-refractivity contribution in [2.75, 3.05) is 12.4 Å². The molecule has 2 rings (SSSR count). The Morgan fingerprint density at radius 2 is 2.00 bits per heavy atom. The van der Waals surface area contributed by atoms with Crippen molar-refractivity contribution in [1.82, 2.24) is 0 Å². The highest BCUT2D eigenvalue weighted by Gasteiger charge is 2.18. The smallest absolute Gasteiger partial charge is 0.339 e. The van der Waals surface area contributed by atoms with Gasteiger partial charge in [-0.25, -0.2) is 4.79 Å². The molecule has 1 aliphatic rings. The Labute approximate surface area is 125 Å². The molecule has 1 aromatic carbocycles. The third-order valence-corrected chi connectivity index (χ3v) is 4.20. The summed E-state index contributed by atoms with van der Waals surface area (Å²) in [7, 11) is 1.34. The molecule has 0 aromatic heterocycles. The van der Waals surface area contributed by atoms with E-state index >= 15 is 0 Å². The topological polar surface area (TPSA) is 55.4 Å². The average Bonchev–Trinajstić information content (AvgIpc) is 3.00. The second-order valence-electron chi connectivity index (χ2n) is 5.73. The molecule has 0 atom stereocenters. The number of amides is 1. The Morgan fingerprint density at radius 1 is 1.29 bits per heavy atom. The number of hydrogen-bond donors (Lipinski definition) is 1. The molecule has 114 valence electrons. The highest BCUT2D eigenvalue weighted by molar-refractivity contribution is 6.02. The molecule has 0 heterocycles. The number of carbonyl (C=O) groups is 2. The number of aryl methyl sites for hydroxylation is 1. The molecule has 0 bridgehead atoms. The van der Waals surface area contributed by atoms with Gasteiger partial charge in [-0.3, -0.25) is 4.79 Å². The normalized spacial score (nSPS) is 15.0. The fourth-order valence-corrected chi connectivity index (χ4v) is 2.95. The number of hydrogen-bond acceptors (Lipinski definition) is 3. The van der Waals surface area contributed by atoms with Crippen molar-refractivity contribution in [1.29, 1.82) is 0 Å². The van der Waals surface area contributed by atoms with Gasteiger partial charge in [0.05, 0.1) is 18.4 Å². The second kappa shape index (κ2) is 7.25. The molecule has 1 amide bonds. The fourth-order valence-electron chi connectivity index (χ4n) is 2.95. The minimum absolute atomic E-state index is 0.0265. The number of methoxy groups -OCH3 is 1. The highest BCUT2D eigenvalue weighted by Crippen LogP contribution is 2.29. The standard InChI is InChI=1S/C17H23NO3/c1-12-6-5-9-14(17(20)21-2)16(12)18-15(19)11-10-13-7-3-4-8-13/h5-6,9,13H,3-4,7-8,10-11H2,1-2H3,(H,18,19). The zero-order chi connectivity index (χ0) is 15.2. The van der Waals surface area contributed by atoms with E-state index < -0.39 is 5.97 Å². The van der Waals surface area contributed by atoms with Crippen molar-refractivity contribution in [3.63, 3.8) is 0 Å². The van der Waals surface area contributed by atoms with E-state index in [2.05, 4.69) is 5.32 Å². The van der Waals surface area contributed by atoms with Crippen molar-refractivity contribution in [2.24, 2.45) is 5.92 Å². The van der Waals surface area contributed by atoms with Crippen LogP contribution in [0.1, 0.15) is 54.4 Å². The maximum Gasteiger partial charge on any atom is 0.339 e. The van der Waals surface area contributed by atoms with Crippen LogP contribution in [-0.4, -0.2) is 19.0 Å². The Morgan fingerprint density at radius 3 is 2.67 bits per heavy atom. The van der Waals surface area contributed by atoms with E-state index in [4.69, 9.17) is 4.74 Å². The number of carbonyl (C=O) groups excluding carboxylic acids is 2. The molecule has 0 saturated heterocycles. The molecule has 0 aliphatic heterocycles. The predicted molar refractivity (Wildman–Crippen MR) is 82.3 cm³/mol. The number of esters is 1. The van der Waals surface area contributed by atoms with Crippen LogP contribution in [0.25, 0.3) is 0 Å². The van der Waals surface area contributed by atoms with Crippen LogP contribution in [0.15, 0.2) is 18.2 Å². The lowest BCUT2D eigenvalue weighted by molar-refractivity contribution is -0.116. The summed E-state index contributed by atoms with van der Waals surface area (Å²) in [6.45, 7) is 1.87. The Hall–Kier alpha value is -1.84. The van der Waals surface area contributed by atoms with Crippen LogP contribution in [0.5, 0.6) is 0 Å². The summed E-state index contributed by atoms with van der Waals surface area (Å²) in [6, 6.07) is 5.33. The third kappa shape index (κ3) is 4.06. The molecule has 4 heteroatoms. The zero-order valence-corrected chi connectivity index (χ0v) is 12.8. The van der Waals surface area contributed by atoms with Gasteiger partial charge >= 0.3 is 5.97 Å². The van der Waals surface area contributed by atoms with Crippen LogP contribution in [0.2, 0.25) is 0 Å². The van der Waals surface area contributed by atoms with E-state index in [1.165, 1.54) is 32.8 Å². The second-order valence-corrected chi connectivity index (χ2v) is 5.73. The lowest BCUT2D eigenvalue weighted by Gasteiger charge is -2.13. The van der Waals surface area contributed by atoms with Crippen LogP contribution >= 0.6 is 0 Å². The average molecular weight is 289 g/mol. The molecule has 1 aromatic rings. The predicted octanol–water partition coefficient (Wildman–Crippen LogP) is 3.69. The first kappa shape index (κ1) is 15.5. The molecule has 0 radical (unpaired) electrons. The minimum Gasteiger partial charge on any atom is -0.465 e. The van der Waals surface area contributed by atoms with Crippen molar-refractivity contribution >= 4 is 17.6 Å². The van der Waals surface area contributed by atoms with Gasteiger partial charge in [-0.15, -0.1) is 0 Å². The number of ether oxygens (including phenoxy) is 1. The van der Waals surface area contributed by atoms with E-state index in [0.717, 1.165) is 12.0 Å². The third-order valence-electron chi connectivity index (χ3n) is 4.20. The van der Waals surface area contributed by atoms with Gasteiger partial charge in [0.15, 0.2) is 0 Å². The van der Waals surface area contributed by atoms with Crippen LogP contribution in [0, 0.1) is 12.8 Å². The summed E-state index contributed by atoms with van der Waals surface area (Å²) in [4.78, 5) is 23.9. The van der Waals surface area contributed by atoms with Gasteiger partial charge in [-0.05, 0) is 30.9 Å². The van der Waals surface area contributed by atoms with Crippen molar-refractivity contribution in [3.8, 4) is 0 Å². The Bertz CT molecular complexity index is 519. The molecule has 4 nitrogen and oxygen atoms in total. The zero-order valence-electron chi connectivity index (χ0n) is 12.8. The first-order chi connectivity index (χ1) is 10.1. The van der Waals surface area contributed by atoms with E-state index in [1.807, 2.05) is 13.0 Å². The van der Waals surface area contributed by atoms with Gasteiger partial charge in [-0.1, -0.05) is 37.8 Å². The quantitative estimate of drug-likeness (QED) is 0.841. The van der Waals surface area contributed by atoms with Crippen molar-refractivity contribution in [2.45, 2.75) is 45.4 Å². The number of benzene rings is 1. The van der Waals surface area contributed by atoms with E-state index in [-0.39, 0.29) is 5.91 Å². The SMILES string of the molecule is COC(=O)c1cccc(C)c1NC(=O)CCC1CCCC1. The largest absolute Gasteiger partial charge is 0.465 e. The van der Waals surface area contributed by atoms with Gasteiger partial charge in [0, 0.05) is 6.42 Å². The minimum atomic E-state index is -0.426. The maximum absolute atomic E-state index is 12.1. The van der Waals surface area contributed by atoms with E-state index in [1.54, 1.807) is 12.1 Å². The molecule has 21 heavy (non-hydrogen) atoms. The van der Waals surface area contributed by atoms with Gasteiger partial charge in [0.1, 0.15) is 0 Å². The lowest BCUT2D eigenvalue weighted by Crippen LogP contribution is -2.17. The number of nitrogens with one attached hydrogen (secondary N) is 1. The Balaban J connectivity index is 2.00. The number of rotatable bonds is 5. The molecule has 0 spiro atoms. The molecule has 0 unspecified atom stereocenters. The molecule has 1 N–H and O–H groups in total. The van der Waals surface area contributed by atoms with Gasteiger partial charge in [-0.2, -0.15) is 0 Å². The summed E-state index contributed by atoms with van der Waals surface area (Å²) in [5.74, 6) is 0.235. The number of para-hydroxylation sites is 1. The van der Waals surface area contributed by atoms with Crippen molar-refractivity contribution in [3.05, 3.63) is 29.3 Å².